The van der Waals surface area contributed by atoms with Gasteiger partial charge < -0.3 is 15.4 Å². The lowest BCUT2D eigenvalue weighted by molar-refractivity contribution is -0.140. The summed E-state index contributed by atoms with van der Waals surface area (Å²) in [6.45, 7) is 5.85. The Morgan fingerprint density at radius 3 is 2.68 bits per heavy atom. The fraction of sp³-hybridized carbons (Fsp3) is 0.444. The Morgan fingerprint density at radius 2 is 2.04 bits per heavy atom. The molecule has 28 heavy (non-hydrogen) atoms. The SMILES string of the molecule is CCCOc1cccc(CN=C(NCC)NCc2nc(C(F)(F)F)cs2)c1.I. The fourth-order valence-electron chi connectivity index (χ4n) is 2.15. The highest BCUT2D eigenvalue weighted by molar-refractivity contribution is 14.0. The summed E-state index contributed by atoms with van der Waals surface area (Å²) < 4.78 is 43.5. The minimum atomic E-state index is -4.42. The second-order valence-corrected chi connectivity index (χ2v) is 6.61. The topological polar surface area (TPSA) is 58.5 Å². The number of ether oxygens (including phenoxy) is 1. The van der Waals surface area contributed by atoms with Crippen molar-refractivity contribution in [3.05, 3.63) is 45.9 Å². The highest BCUT2D eigenvalue weighted by atomic mass is 127. The van der Waals surface area contributed by atoms with Gasteiger partial charge in [-0.25, -0.2) is 9.98 Å². The number of guanidine groups is 1. The molecule has 10 heteroatoms. The van der Waals surface area contributed by atoms with Crippen LogP contribution in [0.1, 0.15) is 36.5 Å². The van der Waals surface area contributed by atoms with E-state index >= 15 is 0 Å². The summed E-state index contributed by atoms with van der Waals surface area (Å²) in [4.78, 5) is 8.07. The van der Waals surface area contributed by atoms with E-state index in [4.69, 9.17) is 4.74 Å². The number of hydrogen-bond acceptors (Lipinski definition) is 4. The Balaban J connectivity index is 0.00000392. The molecule has 1 aromatic carbocycles. The second-order valence-electron chi connectivity index (χ2n) is 5.67. The van der Waals surface area contributed by atoms with Crippen molar-refractivity contribution in [1.29, 1.82) is 0 Å². The first-order valence-corrected chi connectivity index (χ1v) is 9.55. The van der Waals surface area contributed by atoms with Gasteiger partial charge in [0, 0.05) is 11.9 Å². The zero-order chi connectivity index (χ0) is 19.7. The molecule has 0 fully saturated rings. The van der Waals surface area contributed by atoms with E-state index in [9.17, 15) is 13.2 Å². The van der Waals surface area contributed by atoms with E-state index in [1.54, 1.807) is 0 Å². The van der Waals surface area contributed by atoms with Crippen molar-refractivity contribution in [2.75, 3.05) is 13.2 Å². The largest absolute Gasteiger partial charge is 0.494 e. The van der Waals surface area contributed by atoms with Crippen molar-refractivity contribution >= 4 is 41.3 Å². The van der Waals surface area contributed by atoms with E-state index in [2.05, 4.69) is 20.6 Å². The maximum absolute atomic E-state index is 12.6. The van der Waals surface area contributed by atoms with Crippen molar-refractivity contribution in [2.24, 2.45) is 4.99 Å². The predicted octanol–water partition coefficient (Wildman–Crippen LogP) is 4.82. The average molecular weight is 528 g/mol. The molecule has 1 aromatic heterocycles. The molecule has 0 radical (unpaired) electrons. The molecule has 156 valence electrons. The Labute approximate surface area is 183 Å². The van der Waals surface area contributed by atoms with Crippen LogP contribution >= 0.6 is 35.3 Å². The van der Waals surface area contributed by atoms with E-state index in [0.29, 0.717) is 30.7 Å². The van der Waals surface area contributed by atoms with Gasteiger partial charge in [0.05, 0.1) is 19.7 Å². The first-order valence-electron chi connectivity index (χ1n) is 8.68. The third-order valence-corrected chi connectivity index (χ3v) is 4.23. The molecule has 0 atom stereocenters. The number of alkyl halides is 3. The number of aliphatic imine (C=N–C) groups is 1. The molecule has 2 rings (SSSR count). The third-order valence-electron chi connectivity index (χ3n) is 3.38. The van der Waals surface area contributed by atoms with Crippen LogP contribution in [-0.2, 0) is 19.3 Å². The van der Waals surface area contributed by atoms with Gasteiger partial charge in [0.1, 0.15) is 10.8 Å². The number of halogens is 4. The minimum absolute atomic E-state index is 0. The normalized spacial score (nSPS) is 11.7. The summed E-state index contributed by atoms with van der Waals surface area (Å²) in [5, 5.41) is 7.45. The summed E-state index contributed by atoms with van der Waals surface area (Å²) in [6.07, 6.45) is -3.48. The van der Waals surface area contributed by atoms with Crippen LogP contribution in [0.25, 0.3) is 0 Å². The molecule has 0 saturated heterocycles. The summed E-state index contributed by atoms with van der Waals surface area (Å²) in [7, 11) is 0. The fourth-order valence-corrected chi connectivity index (χ4v) is 2.89. The van der Waals surface area contributed by atoms with Crippen LogP contribution in [0.15, 0.2) is 34.6 Å². The van der Waals surface area contributed by atoms with E-state index in [-0.39, 0.29) is 30.5 Å². The van der Waals surface area contributed by atoms with Crippen LogP contribution in [0.3, 0.4) is 0 Å². The molecule has 0 aliphatic heterocycles. The van der Waals surface area contributed by atoms with Gasteiger partial charge in [0.2, 0.25) is 0 Å². The molecule has 0 bridgehead atoms. The van der Waals surface area contributed by atoms with Crippen molar-refractivity contribution < 1.29 is 17.9 Å². The predicted molar refractivity (Wildman–Crippen MR) is 116 cm³/mol. The standard InChI is InChI=1S/C18H23F3N4OS.HI/c1-3-8-26-14-7-5-6-13(9-14)10-23-17(22-4-2)24-11-16-25-15(12-27-16)18(19,20)21;/h5-7,9,12H,3-4,8,10-11H2,1-2H3,(H2,22,23,24);1H. The molecule has 0 saturated carbocycles. The Morgan fingerprint density at radius 1 is 1.25 bits per heavy atom. The first-order chi connectivity index (χ1) is 12.9. The summed E-state index contributed by atoms with van der Waals surface area (Å²) in [5.74, 6) is 1.31. The van der Waals surface area contributed by atoms with Gasteiger partial charge in [-0.2, -0.15) is 13.2 Å². The molecule has 1 heterocycles. The van der Waals surface area contributed by atoms with Crippen LogP contribution < -0.4 is 15.4 Å². The molecule has 0 unspecified atom stereocenters. The van der Waals surface area contributed by atoms with Gasteiger partial charge in [-0.15, -0.1) is 35.3 Å². The van der Waals surface area contributed by atoms with Crippen LogP contribution in [0, 0.1) is 0 Å². The highest BCUT2D eigenvalue weighted by Crippen LogP contribution is 2.29. The van der Waals surface area contributed by atoms with Gasteiger partial charge in [-0.1, -0.05) is 19.1 Å². The zero-order valence-electron chi connectivity index (χ0n) is 15.7. The number of hydrogen-bond donors (Lipinski definition) is 2. The van der Waals surface area contributed by atoms with Crippen LogP contribution in [0.2, 0.25) is 0 Å². The Hall–Kier alpha value is -1.56. The lowest BCUT2D eigenvalue weighted by Gasteiger charge is -2.10. The maximum Gasteiger partial charge on any atom is 0.434 e. The number of rotatable bonds is 8. The van der Waals surface area contributed by atoms with Gasteiger partial charge >= 0.3 is 6.18 Å². The molecule has 2 aromatic rings. The highest BCUT2D eigenvalue weighted by Gasteiger charge is 2.33. The summed E-state index contributed by atoms with van der Waals surface area (Å²) >= 11 is 0.968. The molecule has 0 spiro atoms. The quantitative estimate of drug-likeness (QED) is 0.293. The molecule has 5 nitrogen and oxygen atoms in total. The number of nitrogens with zero attached hydrogens (tertiary/aromatic N) is 2. The maximum atomic E-state index is 12.6. The average Bonchev–Trinajstić information content (AvgIpc) is 3.12. The summed E-state index contributed by atoms with van der Waals surface area (Å²) in [6, 6.07) is 7.68. The number of thiazole rings is 1. The monoisotopic (exact) mass is 528 g/mol. The molecule has 2 N–H and O–H groups in total. The molecule has 0 amide bonds. The van der Waals surface area contributed by atoms with Crippen molar-refractivity contribution in [2.45, 2.75) is 39.5 Å². The lowest BCUT2D eigenvalue weighted by atomic mass is 10.2. The van der Waals surface area contributed by atoms with E-state index < -0.39 is 11.9 Å². The molecular formula is C18H24F3IN4OS. The third kappa shape index (κ3) is 8.21. The lowest BCUT2D eigenvalue weighted by Crippen LogP contribution is -2.36. The molecule has 0 aliphatic rings. The Kier molecular flexibility index (Phi) is 10.6. The molecule has 0 aliphatic carbocycles. The number of aromatic nitrogens is 1. The van der Waals surface area contributed by atoms with Gasteiger partial charge in [0.15, 0.2) is 11.7 Å². The minimum Gasteiger partial charge on any atom is -0.494 e. The molecular weight excluding hydrogens is 504 g/mol. The van der Waals surface area contributed by atoms with Crippen molar-refractivity contribution in [3.8, 4) is 5.75 Å². The smallest absolute Gasteiger partial charge is 0.434 e. The zero-order valence-corrected chi connectivity index (χ0v) is 18.8. The number of benzene rings is 1. The van der Waals surface area contributed by atoms with Crippen LogP contribution in [0.5, 0.6) is 5.75 Å². The van der Waals surface area contributed by atoms with Gasteiger partial charge in [-0.3, -0.25) is 0 Å². The van der Waals surface area contributed by atoms with Gasteiger partial charge in [-0.05, 0) is 31.0 Å². The Bertz CT molecular complexity index is 752. The van der Waals surface area contributed by atoms with E-state index in [1.165, 1.54) is 0 Å². The first kappa shape index (κ1) is 24.5. The van der Waals surface area contributed by atoms with Crippen LogP contribution in [0.4, 0.5) is 13.2 Å². The van der Waals surface area contributed by atoms with E-state index in [0.717, 1.165) is 34.5 Å². The van der Waals surface area contributed by atoms with Crippen LogP contribution in [-0.4, -0.2) is 24.1 Å². The van der Waals surface area contributed by atoms with Crippen molar-refractivity contribution in [1.82, 2.24) is 15.6 Å². The second kappa shape index (κ2) is 12.1. The van der Waals surface area contributed by atoms with Gasteiger partial charge in [0.25, 0.3) is 0 Å². The van der Waals surface area contributed by atoms with Crippen molar-refractivity contribution in [3.63, 3.8) is 0 Å². The summed E-state index contributed by atoms with van der Waals surface area (Å²) in [5.41, 5.74) is 0.115. The number of nitrogens with one attached hydrogen (secondary N) is 2. The van der Waals surface area contributed by atoms with E-state index in [1.807, 2.05) is 38.1 Å².